The molecule has 3 rings (SSSR count). The Hall–Kier alpha value is -1.32. The third-order valence-corrected chi connectivity index (χ3v) is 8.04. The van der Waals surface area contributed by atoms with Crippen LogP contribution >= 0.6 is 11.8 Å². The van der Waals surface area contributed by atoms with Crippen LogP contribution in [0, 0.1) is 5.92 Å². The molecule has 0 radical (unpaired) electrons. The van der Waals surface area contributed by atoms with Crippen molar-refractivity contribution in [2.45, 2.75) is 102 Å². The minimum Gasteiger partial charge on any atom is -0.497 e. The molecule has 2 fully saturated rings. The molecule has 2 aliphatic rings. The molecule has 0 bridgehead atoms. The van der Waals surface area contributed by atoms with Gasteiger partial charge >= 0.3 is 5.97 Å². The first kappa shape index (κ1) is 30.2. The Morgan fingerprint density at radius 2 is 1.95 bits per heavy atom. The molecule has 0 saturated carbocycles. The van der Waals surface area contributed by atoms with E-state index >= 15 is 0 Å². The summed E-state index contributed by atoms with van der Waals surface area (Å²) in [7, 11) is 1.67. The zero-order chi connectivity index (χ0) is 26.7. The van der Waals surface area contributed by atoms with Gasteiger partial charge in [0, 0.05) is 26.4 Å². The summed E-state index contributed by atoms with van der Waals surface area (Å²) in [6, 6.07) is 7.95. The molecule has 37 heavy (non-hydrogen) atoms. The fourth-order valence-corrected chi connectivity index (χ4v) is 5.71. The molecule has 1 spiro atoms. The summed E-state index contributed by atoms with van der Waals surface area (Å²) < 4.78 is 36.6. The number of hydrogen-bond acceptors (Lipinski definition) is 8. The first-order chi connectivity index (χ1) is 17.8. The van der Waals surface area contributed by atoms with Crippen LogP contribution in [0.3, 0.4) is 0 Å². The van der Waals surface area contributed by atoms with Crippen LogP contribution in [0.1, 0.15) is 77.7 Å². The average molecular weight is 539 g/mol. The molecular formula is C29H46O7S. The molecule has 0 unspecified atom stereocenters. The number of unbranched alkanes of at least 4 members (excludes halogenated alkanes) is 1. The third-order valence-electron chi connectivity index (χ3n) is 7.68. The number of rotatable bonds is 14. The number of ether oxygens (including phenoxy) is 6. The summed E-state index contributed by atoms with van der Waals surface area (Å²) >= 11 is 1.66. The second kappa shape index (κ2) is 14.7. The summed E-state index contributed by atoms with van der Waals surface area (Å²) in [6.45, 7) is 7.23. The third kappa shape index (κ3) is 8.59. The molecule has 0 amide bonds. The summed E-state index contributed by atoms with van der Waals surface area (Å²) in [5, 5.41) is 0. The summed E-state index contributed by atoms with van der Waals surface area (Å²) in [4.78, 5) is 11.7. The lowest BCUT2D eigenvalue weighted by Gasteiger charge is -2.54. The Morgan fingerprint density at radius 1 is 1.16 bits per heavy atom. The Balaban J connectivity index is 1.62. The number of carbonyl (C=O) groups is 1. The maximum atomic E-state index is 11.7. The molecule has 1 aromatic rings. The van der Waals surface area contributed by atoms with Gasteiger partial charge < -0.3 is 28.4 Å². The number of hydrogen-bond donors (Lipinski definition) is 0. The van der Waals surface area contributed by atoms with E-state index in [1.54, 1.807) is 18.9 Å². The molecule has 210 valence electrons. The fraction of sp³-hybridized carbons (Fsp3) is 0.759. The van der Waals surface area contributed by atoms with Crippen LogP contribution in [0.25, 0.3) is 0 Å². The molecule has 7 nitrogen and oxygen atoms in total. The number of carbonyl (C=O) groups excluding carboxylic acids is 1. The van der Waals surface area contributed by atoms with Gasteiger partial charge in [0.15, 0.2) is 5.79 Å². The van der Waals surface area contributed by atoms with Gasteiger partial charge in [0.1, 0.15) is 18.5 Å². The van der Waals surface area contributed by atoms with Crippen molar-refractivity contribution < 1.29 is 33.2 Å². The Morgan fingerprint density at radius 3 is 2.62 bits per heavy atom. The van der Waals surface area contributed by atoms with Crippen molar-refractivity contribution in [1.82, 2.24) is 0 Å². The molecule has 5 atom stereocenters. The fourth-order valence-electron chi connectivity index (χ4n) is 5.35. The number of esters is 1. The van der Waals surface area contributed by atoms with Crippen molar-refractivity contribution in [3.63, 3.8) is 0 Å². The Labute approximate surface area is 227 Å². The minimum atomic E-state index is -0.670. The van der Waals surface area contributed by atoms with Crippen LogP contribution in [-0.2, 0) is 35.1 Å². The Kier molecular flexibility index (Phi) is 12.0. The van der Waals surface area contributed by atoms with Crippen molar-refractivity contribution in [2.75, 3.05) is 32.5 Å². The van der Waals surface area contributed by atoms with E-state index in [-0.39, 0.29) is 24.8 Å². The van der Waals surface area contributed by atoms with Gasteiger partial charge in [-0.15, -0.1) is 11.8 Å². The van der Waals surface area contributed by atoms with Crippen LogP contribution in [0.5, 0.6) is 5.75 Å². The second-order valence-electron chi connectivity index (χ2n) is 10.4. The van der Waals surface area contributed by atoms with Gasteiger partial charge in [-0.2, -0.15) is 0 Å². The highest BCUT2D eigenvalue weighted by Crippen LogP contribution is 2.47. The number of benzene rings is 1. The van der Waals surface area contributed by atoms with Crippen LogP contribution in [-0.4, -0.2) is 62.1 Å². The van der Waals surface area contributed by atoms with E-state index in [2.05, 4.69) is 13.8 Å². The van der Waals surface area contributed by atoms with Crippen LogP contribution in [0.15, 0.2) is 24.3 Å². The maximum absolute atomic E-state index is 11.7. The largest absolute Gasteiger partial charge is 0.497 e. The molecule has 2 heterocycles. The van der Waals surface area contributed by atoms with E-state index in [4.69, 9.17) is 28.4 Å². The van der Waals surface area contributed by atoms with Crippen molar-refractivity contribution in [3.05, 3.63) is 29.8 Å². The molecule has 2 aliphatic heterocycles. The van der Waals surface area contributed by atoms with Gasteiger partial charge in [-0.05, 0) is 55.6 Å². The number of methoxy groups -OCH3 is 1. The van der Waals surface area contributed by atoms with Gasteiger partial charge in [0.05, 0.1) is 31.4 Å². The first-order valence-electron chi connectivity index (χ1n) is 13.7. The molecule has 0 N–H and O–H groups in total. The predicted molar refractivity (Wildman–Crippen MR) is 146 cm³/mol. The highest BCUT2D eigenvalue weighted by atomic mass is 32.2. The van der Waals surface area contributed by atoms with Crippen molar-refractivity contribution in [1.29, 1.82) is 0 Å². The number of thioether (sulfide) groups is 1. The van der Waals surface area contributed by atoms with Crippen molar-refractivity contribution in [2.24, 2.45) is 5.92 Å². The zero-order valence-corrected chi connectivity index (χ0v) is 24.1. The van der Waals surface area contributed by atoms with Crippen LogP contribution in [0.4, 0.5) is 0 Å². The minimum absolute atomic E-state index is 0.0502. The van der Waals surface area contributed by atoms with Crippen molar-refractivity contribution >= 4 is 17.7 Å². The smallest absolute Gasteiger partial charge is 0.302 e. The van der Waals surface area contributed by atoms with Crippen LogP contribution < -0.4 is 4.74 Å². The quantitative estimate of drug-likeness (QED) is 0.159. The summed E-state index contributed by atoms with van der Waals surface area (Å²) in [6.07, 6.45) is 8.98. The van der Waals surface area contributed by atoms with Crippen LogP contribution in [0.2, 0.25) is 0 Å². The van der Waals surface area contributed by atoms with Gasteiger partial charge in [-0.3, -0.25) is 4.79 Å². The maximum Gasteiger partial charge on any atom is 0.302 e. The lowest BCUT2D eigenvalue weighted by molar-refractivity contribution is -0.360. The van der Waals surface area contributed by atoms with E-state index in [0.29, 0.717) is 25.1 Å². The van der Waals surface area contributed by atoms with E-state index in [9.17, 15) is 4.79 Å². The molecule has 1 aromatic carbocycles. The van der Waals surface area contributed by atoms with Gasteiger partial charge in [0.2, 0.25) is 0 Å². The van der Waals surface area contributed by atoms with E-state index in [1.165, 1.54) is 6.92 Å². The normalized spacial score (nSPS) is 29.8. The second-order valence-corrected chi connectivity index (χ2v) is 11.2. The highest BCUT2D eigenvalue weighted by molar-refractivity contribution is 7.98. The van der Waals surface area contributed by atoms with E-state index in [0.717, 1.165) is 62.7 Å². The SMILES string of the molecule is CCCC[C@@]1(OCSC)CC[C@]2(CC[C@H](C)[C@@H](CCOCc3ccc(OC)cc3)O2)O[C@H]1COC(C)=O. The molecule has 0 aromatic heterocycles. The molecule has 8 heteroatoms. The van der Waals surface area contributed by atoms with Gasteiger partial charge in [-0.25, -0.2) is 0 Å². The standard InChI is InChI=1S/C29H46O7S/c1-6-7-14-28(34-21-37-5)16-17-29(36-27(28)20-33-23(3)30)15-12-22(2)26(35-29)13-18-32-19-24-8-10-25(31-4)11-9-24/h8-11,22,26-27H,6-7,12-21H2,1-5H3/t22-,26+,27-,28+,29-/m0/s1. The Bertz CT molecular complexity index is 809. The lowest BCUT2D eigenvalue weighted by Crippen LogP contribution is -2.61. The van der Waals surface area contributed by atoms with E-state index < -0.39 is 11.4 Å². The zero-order valence-electron chi connectivity index (χ0n) is 23.3. The van der Waals surface area contributed by atoms with Crippen molar-refractivity contribution in [3.8, 4) is 5.75 Å². The topological polar surface area (TPSA) is 72.5 Å². The van der Waals surface area contributed by atoms with Gasteiger partial charge in [0.25, 0.3) is 0 Å². The van der Waals surface area contributed by atoms with E-state index in [1.807, 2.05) is 30.5 Å². The molecule has 0 aliphatic carbocycles. The summed E-state index contributed by atoms with van der Waals surface area (Å²) in [5.74, 6) is 0.877. The lowest BCUT2D eigenvalue weighted by atomic mass is 9.78. The summed E-state index contributed by atoms with van der Waals surface area (Å²) in [5.41, 5.74) is 0.649. The molecule has 2 saturated heterocycles. The monoisotopic (exact) mass is 538 g/mol. The average Bonchev–Trinajstić information content (AvgIpc) is 2.91. The highest BCUT2D eigenvalue weighted by Gasteiger charge is 2.54. The van der Waals surface area contributed by atoms with Gasteiger partial charge in [-0.1, -0.05) is 38.8 Å². The first-order valence-corrected chi connectivity index (χ1v) is 15.1. The predicted octanol–water partition coefficient (Wildman–Crippen LogP) is 6.12. The molecular weight excluding hydrogens is 492 g/mol.